The second kappa shape index (κ2) is 7.76. The minimum atomic E-state index is -0.455. The molecule has 0 fully saturated rings. The van der Waals surface area contributed by atoms with Crippen molar-refractivity contribution in [1.29, 1.82) is 0 Å². The van der Waals surface area contributed by atoms with Crippen LogP contribution < -0.4 is 10.9 Å². The van der Waals surface area contributed by atoms with Gasteiger partial charge < -0.3 is 14.2 Å². The van der Waals surface area contributed by atoms with Gasteiger partial charge in [-0.3, -0.25) is 4.79 Å². The molecule has 1 amide bonds. The van der Waals surface area contributed by atoms with Gasteiger partial charge in [-0.05, 0) is 66.6 Å². The van der Waals surface area contributed by atoms with E-state index in [0.717, 1.165) is 53.4 Å². The maximum atomic E-state index is 12.6. The number of aryl methyl sites for hydroxylation is 3. The van der Waals surface area contributed by atoms with E-state index in [1.807, 2.05) is 24.4 Å². The van der Waals surface area contributed by atoms with Gasteiger partial charge in [-0.25, -0.2) is 4.79 Å². The van der Waals surface area contributed by atoms with E-state index in [2.05, 4.69) is 16.8 Å². The summed E-state index contributed by atoms with van der Waals surface area (Å²) in [5, 5.41) is 8.97. The molecule has 1 N–H and O–H groups in total. The Morgan fingerprint density at radius 1 is 1.13 bits per heavy atom. The lowest BCUT2D eigenvalue weighted by atomic mass is 9.94. The summed E-state index contributed by atoms with van der Waals surface area (Å²) >= 11 is 1.64. The van der Waals surface area contributed by atoms with Gasteiger partial charge in [-0.1, -0.05) is 0 Å². The zero-order valence-corrected chi connectivity index (χ0v) is 17.7. The Hall–Kier alpha value is -2.86. The number of carbonyl (C=O) groups excluding carboxylic acids is 1. The summed E-state index contributed by atoms with van der Waals surface area (Å²) in [7, 11) is 0. The van der Waals surface area contributed by atoms with E-state index in [0.29, 0.717) is 17.7 Å². The molecule has 0 spiro atoms. The number of thiophene rings is 1. The third kappa shape index (κ3) is 3.45. The first-order valence-corrected chi connectivity index (χ1v) is 11.3. The fourth-order valence-electron chi connectivity index (χ4n) is 4.35. The molecule has 0 radical (unpaired) electrons. The van der Waals surface area contributed by atoms with Crippen LogP contribution in [0, 0.1) is 6.92 Å². The van der Waals surface area contributed by atoms with Crippen LogP contribution >= 0.6 is 11.3 Å². The van der Waals surface area contributed by atoms with E-state index in [4.69, 9.17) is 8.83 Å². The summed E-state index contributed by atoms with van der Waals surface area (Å²) in [6.45, 7) is 2.45. The molecule has 0 atom stereocenters. The number of nitrogens with one attached hydrogen (secondary N) is 1. The number of carbonyl (C=O) groups is 1. The van der Waals surface area contributed by atoms with Crippen LogP contribution in [0.25, 0.3) is 21.9 Å². The molecule has 1 aromatic carbocycles. The minimum absolute atomic E-state index is 0.0231. The van der Waals surface area contributed by atoms with E-state index < -0.39 is 5.63 Å². The average molecular weight is 422 g/mol. The molecule has 0 saturated carbocycles. The predicted molar refractivity (Wildman–Crippen MR) is 118 cm³/mol. The topological polar surface area (TPSA) is 72.5 Å². The van der Waals surface area contributed by atoms with Gasteiger partial charge in [0.1, 0.15) is 16.9 Å². The second-order valence-corrected chi connectivity index (χ2v) is 8.74. The molecule has 6 heteroatoms. The van der Waals surface area contributed by atoms with E-state index in [-0.39, 0.29) is 12.3 Å². The largest absolute Gasteiger partial charge is 0.461 e. The first-order chi connectivity index (χ1) is 14.6. The molecule has 1 aliphatic rings. The number of furan rings is 1. The highest BCUT2D eigenvalue weighted by atomic mass is 32.1. The molecular weight excluding hydrogens is 398 g/mol. The predicted octanol–water partition coefficient (Wildman–Crippen LogP) is 4.69. The Balaban J connectivity index is 1.44. The zero-order valence-electron chi connectivity index (χ0n) is 16.9. The summed E-state index contributed by atoms with van der Waals surface area (Å²) in [4.78, 5) is 25.0. The third-order valence-electron chi connectivity index (χ3n) is 6.02. The Morgan fingerprint density at radius 2 is 1.97 bits per heavy atom. The maximum Gasteiger partial charge on any atom is 0.340 e. The van der Waals surface area contributed by atoms with Crippen molar-refractivity contribution in [2.75, 3.05) is 6.54 Å². The van der Waals surface area contributed by atoms with Gasteiger partial charge in [-0.15, -0.1) is 0 Å². The normalized spacial score (nSPS) is 13.6. The van der Waals surface area contributed by atoms with Gasteiger partial charge >= 0.3 is 5.63 Å². The van der Waals surface area contributed by atoms with Crippen LogP contribution in [-0.2, 0) is 30.5 Å². The van der Waals surface area contributed by atoms with Crippen molar-refractivity contribution in [1.82, 2.24) is 5.32 Å². The maximum absolute atomic E-state index is 12.6. The Kier molecular flexibility index (Phi) is 4.95. The van der Waals surface area contributed by atoms with Gasteiger partial charge in [0.05, 0.1) is 12.0 Å². The van der Waals surface area contributed by atoms with Gasteiger partial charge in [0.15, 0.2) is 0 Å². The Labute approximate surface area is 177 Å². The van der Waals surface area contributed by atoms with Gasteiger partial charge in [0, 0.05) is 35.4 Å². The molecule has 0 saturated heterocycles. The third-order valence-corrected chi connectivity index (χ3v) is 6.75. The van der Waals surface area contributed by atoms with E-state index in [1.165, 1.54) is 17.5 Å². The van der Waals surface area contributed by atoms with Crippen molar-refractivity contribution < 1.29 is 13.6 Å². The van der Waals surface area contributed by atoms with E-state index in [9.17, 15) is 9.59 Å². The van der Waals surface area contributed by atoms with Crippen molar-refractivity contribution in [2.24, 2.45) is 0 Å². The molecule has 3 heterocycles. The molecule has 5 nitrogen and oxygen atoms in total. The first-order valence-electron chi connectivity index (χ1n) is 10.4. The van der Waals surface area contributed by atoms with Crippen molar-refractivity contribution >= 4 is 39.2 Å². The molecule has 0 aliphatic heterocycles. The molecule has 5 rings (SSSR count). The number of benzene rings is 1. The van der Waals surface area contributed by atoms with Gasteiger partial charge in [-0.2, -0.15) is 11.3 Å². The van der Waals surface area contributed by atoms with Crippen LogP contribution in [0.1, 0.15) is 40.9 Å². The van der Waals surface area contributed by atoms with Crippen molar-refractivity contribution in [2.45, 2.75) is 45.4 Å². The number of fused-ring (bicyclic) bond motifs is 4. The number of hydrogen-bond donors (Lipinski definition) is 1. The SMILES string of the molecule is Cc1c(CC(=O)NCCc2ccsc2)c(=O)oc2cc3oc4c(c3cc12)CCCC4. The minimum Gasteiger partial charge on any atom is -0.461 e. The summed E-state index contributed by atoms with van der Waals surface area (Å²) < 4.78 is 11.6. The summed E-state index contributed by atoms with van der Waals surface area (Å²) in [5.41, 5.74) is 4.54. The number of amides is 1. The molecule has 0 unspecified atom stereocenters. The first kappa shape index (κ1) is 19.1. The molecular formula is C24H23NO4S. The molecule has 1 aliphatic carbocycles. The summed E-state index contributed by atoms with van der Waals surface area (Å²) in [6, 6.07) is 5.94. The standard InChI is InChI=1S/C24H23NO4S/c1-14-17-10-19-16-4-2-3-5-20(16)28-22(19)12-21(17)29-24(27)18(14)11-23(26)25-8-6-15-7-9-30-13-15/h7,9-10,12-13H,2-6,8,11H2,1H3,(H,25,26). The average Bonchev–Trinajstić information content (AvgIpc) is 3.37. The second-order valence-electron chi connectivity index (χ2n) is 7.96. The van der Waals surface area contributed by atoms with Crippen LogP contribution in [0.2, 0.25) is 0 Å². The highest BCUT2D eigenvalue weighted by molar-refractivity contribution is 7.07. The van der Waals surface area contributed by atoms with Gasteiger partial charge in [0.25, 0.3) is 0 Å². The highest BCUT2D eigenvalue weighted by Crippen LogP contribution is 2.35. The molecule has 154 valence electrons. The monoisotopic (exact) mass is 421 g/mol. The zero-order chi connectivity index (χ0) is 20.7. The van der Waals surface area contributed by atoms with Gasteiger partial charge in [0.2, 0.25) is 5.91 Å². The van der Waals surface area contributed by atoms with Crippen LogP contribution in [0.3, 0.4) is 0 Å². The fraction of sp³-hybridized carbons (Fsp3) is 0.333. The quantitative estimate of drug-likeness (QED) is 0.475. The fourth-order valence-corrected chi connectivity index (χ4v) is 5.06. The number of hydrogen-bond acceptors (Lipinski definition) is 5. The summed E-state index contributed by atoms with van der Waals surface area (Å²) in [5.74, 6) is 0.888. The molecule has 4 aromatic rings. The Bertz CT molecular complexity index is 1300. The lowest BCUT2D eigenvalue weighted by molar-refractivity contribution is -0.120. The summed E-state index contributed by atoms with van der Waals surface area (Å²) in [6.07, 6.45) is 5.09. The smallest absolute Gasteiger partial charge is 0.340 e. The molecule has 3 aromatic heterocycles. The lowest BCUT2D eigenvalue weighted by Crippen LogP contribution is -2.29. The van der Waals surface area contributed by atoms with E-state index >= 15 is 0 Å². The van der Waals surface area contributed by atoms with Crippen molar-refractivity contribution in [3.63, 3.8) is 0 Å². The lowest BCUT2D eigenvalue weighted by Gasteiger charge is -2.10. The van der Waals surface area contributed by atoms with Crippen LogP contribution in [0.5, 0.6) is 0 Å². The molecule has 30 heavy (non-hydrogen) atoms. The van der Waals surface area contributed by atoms with Crippen LogP contribution in [-0.4, -0.2) is 12.5 Å². The highest BCUT2D eigenvalue weighted by Gasteiger charge is 2.21. The van der Waals surface area contributed by atoms with Crippen molar-refractivity contribution in [3.05, 3.63) is 67.4 Å². The van der Waals surface area contributed by atoms with Crippen LogP contribution in [0.4, 0.5) is 0 Å². The van der Waals surface area contributed by atoms with Crippen molar-refractivity contribution in [3.8, 4) is 0 Å². The van der Waals surface area contributed by atoms with E-state index in [1.54, 1.807) is 11.3 Å². The van der Waals surface area contributed by atoms with Crippen LogP contribution in [0.15, 0.2) is 42.6 Å². The molecule has 0 bridgehead atoms. The Morgan fingerprint density at radius 3 is 2.80 bits per heavy atom. The number of rotatable bonds is 5.